The topological polar surface area (TPSA) is 113 Å². The molecule has 310 valence electrons. The zero-order valence-electron chi connectivity index (χ0n) is 33.1. The van der Waals surface area contributed by atoms with Gasteiger partial charge in [0.2, 0.25) is 0 Å². The smallest absolute Gasteiger partial charge is 0.187 e. The predicted molar refractivity (Wildman–Crippen MR) is 216 cm³/mol. The zero-order chi connectivity index (χ0) is 40.2. The molecule has 0 aliphatic carbocycles. The summed E-state index contributed by atoms with van der Waals surface area (Å²) in [6, 6.07) is 49.2. The molecular formula is C48H52O11. The summed E-state index contributed by atoms with van der Waals surface area (Å²) in [6.07, 6.45) is -9.43. The maximum atomic E-state index is 12.4. The van der Waals surface area contributed by atoms with Gasteiger partial charge in [0.15, 0.2) is 18.9 Å². The lowest BCUT2D eigenvalue weighted by atomic mass is 9.95. The lowest BCUT2D eigenvalue weighted by Crippen LogP contribution is -2.67. The number of ether oxygens (including phenoxy) is 10. The number of benzene rings is 5. The molecule has 0 saturated carbocycles. The molecular weight excluding hydrogens is 753 g/mol. The van der Waals surface area contributed by atoms with Gasteiger partial charge in [0.25, 0.3) is 0 Å². The summed E-state index contributed by atoms with van der Waals surface area (Å²) in [5, 5.41) is 12.4. The van der Waals surface area contributed by atoms with Gasteiger partial charge in [-0.1, -0.05) is 152 Å². The van der Waals surface area contributed by atoms with Gasteiger partial charge in [0.05, 0.1) is 39.6 Å². The highest BCUT2D eigenvalue weighted by atomic mass is 16.8. The first kappa shape index (κ1) is 41.4. The first-order valence-electron chi connectivity index (χ1n) is 20.2. The van der Waals surface area contributed by atoms with Crippen LogP contribution in [0, 0.1) is 0 Å². The third kappa shape index (κ3) is 10.7. The first-order valence-corrected chi connectivity index (χ1v) is 20.2. The van der Waals surface area contributed by atoms with Crippen LogP contribution in [0.25, 0.3) is 0 Å². The minimum absolute atomic E-state index is 0.126. The molecule has 0 spiro atoms. The summed E-state index contributed by atoms with van der Waals surface area (Å²) < 4.78 is 65.2. The fourth-order valence-electron chi connectivity index (χ4n) is 7.70. The molecule has 5 aromatic rings. The van der Waals surface area contributed by atoms with E-state index in [-0.39, 0.29) is 33.0 Å². The average Bonchev–Trinajstić information content (AvgIpc) is 3.30. The highest BCUT2D eigenvalue weighted by Gasteiger charge is 2.55. The van der Waals surface area contributed by atoms with Gasteiger partial charge in [0, 0.05) is 12.7 Å². The number of aliphatic hydroxyl groups is 1. The zero-order valence-corrected chi connectivity index (χ0v) is 33.1. The summed E-state index contributed by atoms with van der Waals surface area (Å²) in [6.45, 7) is 1.40. The van der Waals surface area contributed by atoms with Crippen molar-refractivity contribution in [3.05, 3.63) is 179 Å². The molecule has 3 saturated heterocycles. The van der Waals surface area contributed by atoms with E-state index < -0.39 is 67.7 Å². The van der Waals surface area contributed by atoms with Crippen molar-refractivity contribution in [3.63, 3.8) is 0 Å². The van der Waals surface area contributed by atoms with Crippen LogP contribution in [0.3, 0.4) is 0 Å². The van der Waals surface area contributed by atoms with E-state index in [1.807, 2.05) is 152 Å². The molecule has 0 radical (unpaired) electrons. The Morgan fingerprint density at radius 2 is 1.02 bits per heavy atom. The molecule has 11 heteroatoms. The van der Waals surface area contributed by atoms with Crippen LogP contribution in [0.15, 0.2) is 152 Å². The maximum Gasteiger partial charge on any atom is 0.187 e. The SMILES string of the molecule is CO[C@H]1O[C@@H]2COC(c3ccccc3)O[C@@H]2[C@H](O[C@H]2O[C@H](COCc3ccccc3)[C@@H](OCc3ccccc3)[C@H](OCc3ccccc3)[C@H]2O)[C@H]1OCc1ccccc1. The molecule has 3 fully saturated rings. The van der Waals surface area contributed by atoms with E-state index in [2.05, 4.69) is 0 Å². The van der Waals surface area contributed by atoms with Gasteiger partial charge < -0.3 is 52.5 Å². The first-order chi connectivity index (χ1) is 29.1. The highest BCUT2D eigenvalue weighted by molar-refractivity contribution is 5.18. The quantitative estimate of drug-likeness (QED) is 0.106. The largest absolute Gasteiger partial charge is 0.385 e. The van der Waals surface area contributed by atoms with E-state index in [1.165, 1.54) is 0 Å². The van der Waals surface area contributed by atoms with E-state index in [1.54, 1.807) is 7.11 Å². The molecule has 3 aliphatic rings. The molecule has 0 bridgehead atoms. The number of hydrogen-bond acceptors (Lipinski definition) is 11. The van der Waals surface area contributed by atoms with Crippen molar-refractivity contribution in [1.29, 1.82) is 0 Å². The van der Waals surface area contributed by atoms with Gasteiger partial charge in [-0.3, -0.25) is 0 Å². The second-order valence-electron chi connectivity index (χ2n) is 14.9. The lowest BCUT2D eigenvalue weighted by Gasteiger charge is -2.51. The monoisotopic (exact) mass is 804 g/mol. The van der Waals surface area contributed by atoms with Gasteiger partial charge in [-0.15, -0.1) is 0 Å². The fourth-order valence-corrected chi connectivity index (χ4v) is 7.70. The van der Waals surface area contributed by atoms with Crippen LogP contribution in [0.1, 0.15) is 34.1 Å². The number of rotatable bonds is 17. The Labute approximate surface area is 345 Å². The Morgan fingerprint density at radius 1 is 0.525 bits per heavy atom. The van der Waals surface area contributed by atoms with Gasteiger partial charge in [-0.2, -0.15) is 0 Å². The molecule has 1 N–H and O–H groups in total. The Bertz CT molecular complexity index is 1940. The Hall–Kier alpha value is -4.34. The van der Waals surface area contributed by atoms with Gasteiger partial charge in [0.1, 0.15) is 48.8 Å². The summed E-state index contributed by atoms with van der Waals surface area (Å²) in [4.78, 5) is 0. The number of fused-ring (bicyclic) bond motifs is 1. The van der Waals surface area contributed by atoms with Crippen molar-refractivity contribution in [2.75, 3.05) is 20.3 Å². The van der Waals surface area contributed by atoms with Crippen molar-refractivity contribution in [3.8, 4) is 0 Å². The standard InChI is InChI=1S/C48H52O11/c1-50-48-45(54-30-36-23-13-5-14-24-36)44(42-39(57-48)32-55-46(58-42)37-25-15-6-16-26-37)59-47-40(49)43(53-29-35-21-11-4-12-22-35)41(52-28-34-19-9-3-10-20-34)38(56-47)31-51-27-33-17-7-2-8-18-33/h2-26,38-49H,27-32H2,1H3/t38-,39-,40-,41-,42+,43-,44+,45-,46?,47-,48+/m1/s1. The van der Waals surface area contributed by atoms with Crippen LogP contribution in [0.5, 0.6) is 0 Å². The molecule has 3 heterocycles. The van der Waals surface area contributed by atoms with Crippen molar-refractivity contribution in [1.82, 2.24) is 0 Å². The molecule has 0 amide bonds. The molecule has 11 atom stereocenters. The van der Waals surface area contributed by atoms with E-state index in [4.69, 9.17) is 47.4 Å². The van der Waals surface area contributed by atoms with Gasteiger partial charge >= 0.3 is 0 Å². The third-order valence-electron chi connectivity index (χ3n) is 10.7. The number of hydrogen-bond donors (Lipinski definition) is 1. The lowest BCUT2D eigenvalue weighted by molar-refractivity contribution is -0.397. The normalized spacial score (nSPS) is 29.4. The van der Waals surface area contributed by atoms with Crippen LogP contribution in [-0.4, -0.2) is 86.8 Å². The fraction of sp³-hybridized carbons (Fsp3) is 0.375. The van der Waals surface area contributed by atoms with Crippen LogP contribution in [-0.2, 0) is 73.8 Å². The number of aliphatic hydroxyl groups excluding tert-OH is 1. The molecule has 0 aromatic heterocycles. The van der Waals surface area contributed by atoms with Crippen LogP contribution in [0.2, 0.25) is 0 Å². The number of methoxy groups -OCH3 is 1. The van der Waals surface area contributed by atoms with Crippen molar-refractivity contribution >= 4 is 0 Å². The van der Waals surface area contributed by atoms with Crippen LogP contribution < -0.4 is 0 Å². The second-order valence-corrected chi connectivity index (χ2v) is 14.9. The van der Waals surface area contributed by atoms with Gasteiger partial charge in [-0.25, -0.2) is 0 Å². The maximum absolute atomic E-state index is 12.4. The van der Waals surface area contributed by atoms with E-state index >= 15 is 0 Å². The van der Waals surface area contributed by atoms with Crippen molar-refractivity contribution in [2.24, 2.45) is 0 Å². The molecule has 11 nitrogen and oxygen atoms in total. The minimum Gasteiger partial charge on any atom is -0.385 e. The summed E-state index contributed by atoms with van der Waals surface area (Å²) in [7, 11) is 1.56. The molecule has 3 aliphatic heterocycles. The summed E-state index contributed by atoms with van der Waals surface area (Å²) in [5.41, 5.74) is 4.72. The molecule has 8 rings (SSSR count). The Balaban J connectivity index is 1.11. The van der Waals surface area contributed by atoms with Crippen molar-refractivity contribution < 1.29 is 52.5 Å². The highest BCUT2D eigenvalue weighted by Crippen LogP contribution is 2.39. The van der Waals surface area contributed by atoms with Crippen molar-refractivity contribution in [2.45, 2.75) is 94.1 Å². The second kappa shape index (κ2) is 20.8. The van der Waals surface area contributed by atoms with E-state index in [9.17, 15) is 5.11 Å². The van der Waals surface area contributed by atoms with E-state index in [0.717, 1.165) is 27.8 Å². The summed E-state index contributed by atoms with van der Waals surface area (Å²) >= 11 is 0. The Kier molecular flexibility index (Phi) is 14.6. The predicted octanol–water partition coefficient (Wildman–Crippen LogP) is 6.92. The molecule has 5 aromatic carbocycles. The van der Waals surface area contributed by atoms with Crippen LogP contribution >= 0.6 is 0 Å². The molecule has 59 heavy (non-hydrogen) atoms. The average molecular weight is 805 g/mol. The summed E-state index contributed by atoms with van der Waals surface area (Å²) in [5.74, 6) is 0. The molecule has 1 unspecified atom stereocenters. The third-order valence-corrected chi connectivity index (χ3v) is 10.7. The van der Waals surface area contributed by atoms with Gasteiger partial charge in [-0.05, 0) is 22.3 Å². The minimum atomic E-state index is -1.31. The van der Waals surface area contributed by atoms with Crippen LogP contribution in [0.4, 0.5) is 0 Å². The Morgan fingerprint density at radius 3 is 1.56 bits per heavy atom. The van der Waals surface area contributed by atoms with E-state index in [0.29, 0.717) is 6.61 Å².